The first kappa shape index (κ1) is 19.5. The number of halogens is 3. The topological polar surface area (TPSA) is 85.6 Å². The lowest BCUT2D eigenvalue weighted by atomic mass is 10.1. The molecule has 1 amide bonds. The minimum atomic E-state index is -4.53. The van der Waals surface area contributed by atoms with Crippen LogP contribution < -0.4 is 5.32 Å². The Labute approximate surface area is 168 Å². The van der Waals surface area contributed by atoms with Crippen LogP contribution in [0.2, 0.25) is 0 Å². The van der Waals surface area contributed by atoms with Crippen LogP contribution in [0.15, 0.2) is 48.8 Å². The van der Waals surface area contributed by atoms with E-state index in [9.17, 15) is 18.0 Å². The Hall–Kier alpha value is -3.82. The van der Waals surface area contributed by atoms with Gasteiger partial charge in [0.25, 0.3) is 5.91 Å². The molecule has 0 aliphatic heterocycles. The molecular weight excluding hydrogens is 397 g/mol. The van der Waals surface area contributed by atoms with Crippen molar-refractivity contribution in [1.29, 1.82) is 0 Å². The van der Waals surface area contributed by atoms with Crippen LogP contribution in [0.1, 0.15) is 21.7 Å². The Kier molecular flexibility index (Phi) is 4.69. The highest BCUT2D eigenvalue weighted by atomic mass is 19.4. The van der Waals surface area contributed by atoms with E-state index in [0.717, 1.165) is 11.6 Å². The number of carbonyl (C=O) groups is 1. The number of nitrogens with one attached hydrogen (secondary N) is 1. The van der Waals surface area contributed by atoms with Gasteiger partial charge in [-0.15, -0.1) is 0 Å². The maximum atomic E-state index is 12.8. The fourth-order valence-corrected chi connectivity index (χ4v) is 2.99. The predicted octanol–water partition coefficient (Wildman–Crippen LogP) is 4.00. The number of amides is 1. The monoisotopic (exact) mass is 412 g/mol. The molecule has 0 fully saturated rings. The molecule has 0 radical (unpaired) electrons. The smallest absolute Gasteiger partial charge is 0.321 e. The molecular formula is C20H15F3N6O. The average Bonchev–Trinajstić information content (AvgIpc) is 3.12. The number of anilines is 1. The van der Waals surface area contributed by atoms with Gasteiger partial charge in [-0.1, -0.05) is 0 Å². The summed E-state index contributed by atoms with van der Waals surface area (Å²) in [4.78, 5) is 24.4. The summed E-state index contributed by atoms with van der Waals surface area (Å²) in [5, 5.41) is 6.76. The van der Waals surface area contributed by atoms with E-state index in [1.807, 2.05) is 6.92 Å². The second kappa shape index (κ2) is 7.21. The molecule has 0 saturated heterocycles. The third kappa shape index (κ3) is 3.71. The van der Waals surface area contributed by atoms with Crippen LogP contribution in [0.4, 0.5) is 18.9 Å². The second-order valence-electron chi connectivity index (χ2n) is 6.62. The molecule has 10 heteroatoms. The third-order valence-corrected chi connectivity index (χ3v) is 4.51. The molecule has 4 rings (SSSR count). The third-order valence-electron chi connectivity index (χ3n) is 4.51. The standard InChI is InChI=1S/C20H15F3N6O/c1-11-9-12(26-19(30)16-7-8-25-29(16)2)3-4-13(11)18-24-10-15-14(28-18)5-6-17(27-15)20(21,22)23/h3-10H,1-2H3,(H,26,30). The number of nitrogens with zero attached hydrogens (tertiary/aromatic N) is 5. The molecule has 7 nitrogen and oxygen atoms in total. The zero-order valence-electron chi connectivity index (χ0n) is 15.9. The number of rotatable bonds is 3. The molecule has 3 aromatic heterocycles. The van der Waals surface area contributed by atoms with Gasteiger partial charge in [0.2, 0.25) is 0 Å². The van der Waals surface area contributed by atoms with Crippen LogP contribution in [-0.4, -0.2) is 30.6 Å². The lowest BCUT2D eigenvalue weighted by Gasteiger charge is -2.10. The highest BCUT2D eigenvalue weighted by molar-refractivity contribution is 6.03. The minimum Gasteiger partial charge on any atom is -0.321 e. The van der Waals surface area contributed by atoms with E-state index in [1.165, 1.54) is 23.1 Å². The number of hydrogen-bond acceptors (Lipinski definition) is 5. The van der Waals surface area contributed by atoms with Crippen LogP contribution in [0.25, 0.3) is 22.4 Å². The van der Waals surface area contributed by atoms with E-state index in [2.05, 4.69) is 25.4 Å². The highest BCUT2D eigenvalue weighted by Crippen LogP contribution is 2.29. The molecule has 1 N–H and O–H groups in total. The summed E-state index contributed by atoms with van der Waals surface area (Å²) in [7, 11) is 1.67. The summed E-state index contributed by atoms with van der Waals surface area (Å²) in [5.74, 6) is 0.0571. The second-order valence-corrected chi connectivity index (χ2v) is 6.62. The first-order valence-corrected chi connectivity index (χ1v) is 8.84. The zero-order chi connectivity index (χ0) is 21.5. The SMILES string of the molecule is Cc1cc(NC(=O)c2ccnn2C)ccc1-c1ncc2nc(C(F)(F)F)ccc2n1. The summed E-state index contributed by atoms with van der Waals surface area (Å²) in [5.41, 5.74) is 1.86. The average molecular weight is 412 g/mol. The Balaban J connectivity index is 1.62. The molecule has 0 aliphatic carbocycles. The van der Waals surface area contributed by atoms with Crippen LogP contribution in [0, 0.1) is 6.92 Å². The first-order valence-electron chi connectivity index (χ1n) is 8.84. The fraction of sp³-hybridized carbons (Fsp3) is 0.150. The van der Waals surface area contributed by atoms with E-state index in [0.29, 0.717) is 28.3 Å². The maximum absolute atomic E-state index is 12.8. The predicted molar refractivity (Wildman–Crippen MR) is 104 cm³/mol. The van der Waals surface area contributed by atoms with Gasteiger partial charge in [0.05, 0.1) is 11.7 Å². The Morgan fingerprint density at radius 1 is 1.07 bits per heavy atom. The minimum absolute atomic E-state index is 0.0614. The first-order chi connectivity index (χ1) is 14.2. The Morgan fingerprint density at radius 2 is 1.87 bits per heavy atom. The number of carbonyl (C=O) groups excluding carboxylic acids is 1. The van der Waals surface area contributed by atoms with E-state index in [4.69, 9.17) is 0 Å². The normalized spacial score (nSPS) is 11.6. The van der Waals surface area contributed by atoms with Gasteiger partial charge in [-0.3, -0.25) is 9.48 Å². The van der Waals surface area contributed by atoms with Crippen molar-refractivity contribution in [3.63, 3.8) is 0 Å². The Bertz CT molecular complexity index is 1270. The van der Waals surface area contributed by atoms with Crippen molar-refractivity contribution < 1.29 is 18.0 Å². The molecule has 3 heterocycles. The van der Waals surface area contributed by atoms with Crippen molar-refractivity contribution in [2.45, 2.75) is 13.1 Å². The van der Waals surface area contributed by atoms with Crippen molar-refractivity contribution in [1.82, 2.24) is 24.7 Å². The van der Waals surface area contributed by atoms with E-state index in [-0.39, 0.29) is 11.4 Å². The molecule has 4 aromatic rings. The lowest BCUT2D eigenvalue weighted by molar-refractivity contribution is -0.140. The van der Waals surface area contributed by atoms with Gasteiger partial charge in [0.1, 0.15) is 16.9 Å². The van der Waals surface area contributed by atoms with Crippen molar-refractivity contribution in [2.24, 2.45) is 7.05 Å². The molecule has 1 aromatic carbocycles. The van der Waals surface area contributed by atoms with Crippen LogP contribution >= 0.6 is 0 Å². The number of alkyl halides is 3. The molecule has 0 aliphatic rings. The van der Waals surface area contributed by atoms with Crippen LogP contribution in [-0.2, 0) is 13.2 Å². The molecule has 0 atom stereocenters. The lowest BCUT2D eigenvalue weighted by Crippen LogP contribution is -2.16. The van der Waals surface area contributed by atoms with Gasteiger partial charge >= 0.3 is 6.18 Å². The quantitative estimate of drug-likeness (QED) is 0.550. The summed E-state index contributed by atoms with van der Waals surface area (Å²) in [6, 6.07) is 8.99. The van der Waals surface area contributed by atoms with Gasteiger partial charge in [-0.05, 0) is 48.9 Å². The molecule has 152 valence electrons. The summed E-state index contributed by atoms with van der Waals surface area (Å²) < 4.78 is 39.9. The van der Waals surface area contributed by atoms with Crippen molar-refractivity contribution in [3.8, 4) is 11.4 Å². The largest absolute Gasteiger partial charge is 0.433 e. The van der Waals surface area contributed by atoms with E-state index in [1.54, 1.807) is 31.3 Å². The Morgan fingerprint density at radius 3 is 2.53 bits per heavy atom. The number of benzene rings is 1. The van der Waals surface area contributed by atoms with Gasteiger partial charge in [-0.2, -0.15) is 18.3 Å². The van der Waals surface area contributed by atoms with Gasteiger partial charge < -0.3 is 5.32 Å². The summed E-state index contributed by atoms with van der Waals surface area (Å²) in [6.07, 6.45) is -1.73. The zero-order valence-corrected chi connectivity index (χ0v) is 15.9. The molecule has 0 spiro atoms. The molecule has 0 bridgehead atoms. The molecule has 0 saturated carbocycles. The fourth-order valence-electron chi connectivity index (χ4n) is 2.99. The van der Waals surface area contributed by atoms with Gasteiger partial charge in [0, 0.05) is 24.5 Å². The van der Waals surface area contributed by atoms with Crippen molar-refractivity contribution in [2.75, 3.05) is 5.32 Å². The number of fused-ring (bicyclic) bond motifs is 1. The van der Waals surface area contributed by atoms with Crippen molar-refractivity contribution >= 4 is 22.6 Å². The van der Waals surface area contributed by atoms with Crippen LogP contribution in [0.3, 0.4) is 0 Å². The van der Waals surface area contributed by atoms with Crippen LogP contribution in [0.5, 0.6) is 0 Å². The number of pyridine rings is 1. The van der Waals surface area contributed by atoms with E-state index < -0.39 is 11.9 Å². The molecule has 0 unspecified atom stereocenters. The molecule has 30 heavy (non-hydrogen) atoms. The summed E-state index contributed by atoms with van der Waals surface area (Å²) in [6.45, 7) is 1.83. The van der Waals surface area contributed by atoms with E-state index >= 15 is 0 Å². The van der Waals surface area contributed by atoms with Gasteiger partial charge in [0.15, 0.2) is 5.82 Å². The summed E-state index contributed by atoms with van der Waals surface area (Å²) >= 11 is 0. The number of hydrogen-bond donors (Lipinski definition) is 1. The number of aromatic nitrogens is 5. The van der Waals surface area contributed by atoms with Gasteiger partial charge in [-0.25, -0.2) is 15.0 Å². The number of aryl methyl sites for hydroxylation is 2. The maximum Gasteiger partial charge on any atom is 0.433 e. The van der Waals surface area contributed by atoms with Crippen molar-refractivity contribution in [3.05, 3.63) is 65.7 Å². The highest BCUT2D eigenvalue weighted by Gasteiger charge is 2.32.